The number of amides is 1. The van der Waals surface area contributed by atoms with Crippen LogP contribution in [0.4, 0.5) is 5.69 Å². The molecule has 2 aromatic carbocycles. The van der Waals surface area contributed by atoms with E-state index in [1.54, 1.807) is 18.1 Å². The Kier molecular flexibility index (Phi) is 4.44. The van der Waals surface area contributed by atoms with Gasteiger partial charge in [0.1, 0.15) is 5.58 Å². The normalized spacial score (nSPS) is 14.2. The molecule has 1 aliphatic rings. The predicted molar refractivity (Wildman–Crippen MR) is 103 cm³/mol. The molecule has 1 aliphatic heterocycles. The third kappa shape index (κ3) is 3.33. The highest BCUT2D eigenvalue weighted by atomic mass is 16.5. The van der Waals surface area contributed by atoms with Gasteiger partial charge in [-0.15, -0.1) is 0 Å². The van der Waals surface area contributed by atoms with Crippen LogP contribution < -0.4 is 4.90 Å². The Balaban J connectivity index is 1.42. The van der Waals surface area contributed by atoms with E-state index in [-0.39, 0.29) is 12.3 Å². The number of carbonyl (C=O) groups is 2. The number of carbonyl (C=O) groups excluding carboxylic acids is 2. The molecule has 0 aliphatic carbocycles. The molecule has 5 heteroatoms. The van der Waals surface area contributed by atoms with Crippen LogP contribution in [0.2, 0.25) is 0 Å². The number of benzene rings is 2. The molecule has 4 rings (SSSR count). The Bertz CT molecular complexity index is 1020. The van der Waals surface area contributed by atoms with Crippen molar-refractivity contribution in [3.8, 4) is 0 Å². The fourth-order valence-corrected chi connectivity index (χ4v) is 3.56. The first kappa shape index (κ1) is 17.3. The van der Waals surface area contributed by atoms with E-state index in [0.29, 0.717) is 6.54 Å². The number of aryl methyl sites for hydroxylation is 1. The fraction of sp³-hybridized carbons (Fsp3) is 0.273. The molecule has 0 radical (unpaired) electrons. The summed E-state index contributed by atoms with van der Waals surface area (Å²) in [6.07, 6.45) is 1.64. The van der Waals surface area contributed by atoms with Crippen LogP contribution in [0.1, 0.15) is 23.6 Å². The summed E-state index contributed by atoms with van der Waals surface area (Å²) >= 11 is 0. The number of esters is 1. The maximum Gasteiger partial charge on any atom is 0.311 e. The van der Waals surface area contributed by atoms with Gasteiger partial charge in [-0.1, -0.05) is 30.3 Å². The van der Waals surface area contributed by atoms with Gasteiger partial charge in [-0.2, -0.15) is 0 Å². The summed E-state index contributed by atoms with van der Waals surface area (Å²) in [6.45, 7) is 4.23. The smallest absolute Gasteiger partial charge is 0.311 e. The van der Waals surface area contributed by atoms with Gasteiger partial charge in [0, 0.05) is 23.2 Å². The first-order valence-corrected chi connectivity index (χ1v) is 9.08. The van der Waals surface area contributed by atoms with Crippen molar-refractivity contribution in [1.82, 2.24) is 0 Å². The van der Waals surface area contributed by atoms with Crippen molar-refractivity contribution in [1.29, 1.82) is 0 Å². The van der Waals surface area contributed by atoms with E-state index < -0.39 is 12.1 Å². The Hall–Kier alpha value is -3.08. The van der Waals surface area contributed by atoms with Crippen LogP contribution in [-0.4, -0.2) is 24.5 Å². The van der Waals surface area contributed by atoms with Crippen LogP contribution in [0.5, 0.6) is 0 Å². The average molecular weight is 363 g/mol. The maximum absolute atomic E-state index is 12.7. The van der Waals surface area contributed by atoms with Gasteiger partial charge in [0.05, 0.1) is 12.7 Å². The lowest BCUT2D eigenvalue weighted by Crippen LogP contribution is -2.39. The van der Waals surface area contributed by atoms with Gasteiger partial charge < -0.3 is 14.1 Å². The number of para-hydroxylation sites is 1. The number of fused-ring (bicyclic) bond motifs is 2. The topological polar surface area (TPSA) is 59.8 Å². The molecule has 5 nitrogen and oxygen atoms in total. The SMILES string of the molecule is Cc1ccc2c(CC(=O)O[C@@H](C)C(=O)N3CCc4ccccc43)coc2c1. The second kappa shape index (κ2) is 6.91. The first-order chi connectivity index (χ1) is 13.0. The van der Waals surface area contributed by atoms with Crippen molar-refractivity contribution in [2.24, 2.45) is 0 Å². The summed E-state index contributed by atoms with van der Waals surface area (Å²) in [5.74, 6) is -0.632. The van der Waals surface area contributed by atoms with E-state index in [1.165, 1.54) is 0 Å². The maximum atomic E-state index is 12.7. The zero-order chi connectivity index (χ0) is 19.0. The molecule has 1 aromatic heterocycles. The molecule has 0 saturated carbocycles. The van der Waals surface area contributed by atoms with Crippen LogP contribution in [0.3, 0.4) is 0 Å². The van der Waals surface area contributed by atoms with Gasteiger partial charge in [-0.3, -0.25) is 9.59 Å². The molecular weight excluding hydrogens is 342 g/mol. The first-order valence-electron chi connectivity index (χ1n) is 9.08. The highest BCUT2D eigenvalue weighted by Crippen LogP contribution is 2.28. The summed E-state index contributed by atoms with van der Waals surface area (Å²) in [7, 11) is 0. The minimum absolute atomic E-state index is 0.0737. The number of nitrogens with zero attached hydrogens (tertiary/aromatic N) is 1. The van der Waals surface area contributed by atoms with Gasteiger partial charge in [-0.25, -0.2) is 0 Å². The Morgan fingerprint density at radius 2 is 2.04 bits per heavy atom. The van der Waals surface area contributed by atoms with E-state index in [1.807, 2.05) is 49.4 Å². The Morgan fingerprint density at radius 3 is 2.89 bits per heavy atom. The molecule has 27 heavy (non-hydrogen) atoms. The highest BCUT2D eigenvalue weighted by molar-refractivity contribution is 5.99. The number of furan rings is 1. The van der Waals surface area contributed by atoms with Crippen LogP contribution >= 0.6 is 0 Å². The van der Waals surface area contributed by atoms with Crippen LogP contribution in [0.25, 0.3) is 11.0 Å². The zero-order valence-corrected chi connectivity index (χ0v) is 15.4. The molecule has 1 amide bonds. The molecule has 138 valence electrons. The van der Waals surface area contributed by atoms with E-state index in [2.05, 4.69) is 0 Å². The van der Waals surface area contributed by atoms with Crippen LogP contribution in [-0.2, 0) is 27.2 Å². The molecule has 0 spiro atoms. The van der Waals surface area contributed by atoms with Crippen LogP contribution in [0, 0.1) is 6.92 Å². The summed E-state index contributed by atoms with van der Waals surface area (Å²) in [6, 6.07) is 13.7. The Labute approximate surface area is 157 Å². The Morgan fingerprint density at radius 1 is 1.22 bits per heavy atom. The number of rotatable bonds is 4. The van der Waals surface area contributed by atoms with E-state index >= 15 is 0 Å². The lowest BCUT2D eigenvalue weighted by atomic mass is 10.1. The second-order valence-corrected chi connectivity index (χ2v) is 6.94. The summed E-state index contributed by atoms with van der Waals surface area (Å²) in [5, 5.41) is 0.894. The molecule has 2 heterocycles. The average Bonchev–Trinajstić information content (AvgIpc) is 3.25. The number of hydrogen-bond donors (Lipinski definition) is 0. The molecule has 0 unspecified atom stereocenters. The van der Waals surface area contributed by atoms with E-state index in [0.717, 1.165) is 39.8 Å². The third-order valence-electron chi connectivity index (χ3n) is 4.96. The largest absolute Gasteiger partial charge is 0.464 e. The standard InChI is InChI=1S/C22H21NO4/c1-14-7-8-18-17(13-26-20(18)11-14)12-21(24)27-15(2)22(25)23-10-9-16-5-3-4-6-19(16)23/h3-8,11,13,15H,9-10,12H2,1-2H3/t15-/m0/s1. The molecule has 1 atom stereocenters. The van der Waals surface area contributed by atoms with Crippen molar-refractivity contribution in [3.63, 3.8) is 0 Å². The molecular formula is C22H21NO4. The molecule has 3 aromatic rings. The van der Waals surface area contributed by atoms with E-state index in [4.69, 9.17) is 9.15 Å². The molecule has 0 bridgehead atoms. The quantitative estimate of drug-likeness (QED) is 0.662. The summed E-state index contributed by atoms with van der Waals surface area (Å²) in [4.78, 5) is 26.8. The van der Waals surface area contributed by atoms with Crippen molar-refractivity contribution in [3.05, 3.63) is 65.4 Å². The highest BCUT2D eigenvalue weighted by Gasteiger charge is 2.29. The monoisotopic (exact) mass is 363 g/mol. The van der Waals surface area contributed by atoms with Crippen molar-refractivity contribution >= 4 is 28.5 Å². The third-order valence-corrected chi connectivity index (χ3v) is 4.96. The van der Waals surface area contributed by atoms with Gasteiger partial charge in [0.25, 0.3) is 5.91 Å². The molecule has 0 fully saturated rings. The van der Waals surface area contributed by atoms with Crippen LogP contribution in [0.15, 0.2) is 53.1 Å². The van der Waals surface area contributed by atoms with Crippen molar-refractivity contribution in [2.45, 2.75) is 32.8 Å². The number of hydrogen-bond acceptors (Lipinski definition) is 4. The lowest BCUT2D eigenvalue weighted by molar-refractivity contribution is -0.153. The zero-order valence-electron chi connectivity index (χ0n) is 15.4. The minimum Gasteiger partial charge on any atom is -0.464 e. The van der Waals surface area contributed by atoms with Gasteiger partial charge in [0.15, 0.2) is 6.10 Å². The van der Waals surface area contributed by atoms with Gasteiger partial charge in [0.2, 0.25) is 0 Å². The molecule has 0 N–H and O–H groups in total. The van der Waals surface area contributed by atoms with Gasteiger partial charge in [-0.05, 0) is 43.5 Å². The fourth-order valence-electron chi connectivity index (χ4n) is 3.56. The van der Waals surface area contributed by atoms with Gasteiger partial charge >= 0.3 is 5.97 Å². The number of ether oxygens (including phenoxy) is 1. The summed E-state index contributed by atoms with van der Waals surface area (Å²) < 4.78 is 10.9. The number of anilines is 1. The second-order valence-electron chi connectivity index (χ2n) is 6.94. The molecule has 0 saturated heterocycles. The van der Waals surface area contributed by atoms with E-state index in [9.17, 15) is 9.59 Å². The minimum atomic E-state index is -0.830. The van der Waals surface area contributed by atoms with Crippen molar-refractivity contribution < 1.29 is 18.7 Å². The van der Waals surface area contributed by atoms with Crippen molar-refractivity contribution in [2.75, 3.05) is 11.4 Å². The predicted octanol–water partition coefficient (Wildman–Crippen LogP) is 3.80. The lowest BCUT2D eigenvalue weighted by Gasteiger charge is -2.21. The summed E-state index contributed by atoms with van der Waals surface area (Å²) in [5.41, 5.74) is 4.65.